The Morgan fingerprint density at radius 3 is 2.38 bits per heavy atom. The highest BCUT2D eigenvalue weighted by Crippen LogP contribution is 2.32. The Labute approximate surface area is 209 Å². The Morgan fingerprint density at radius 1 is 1.03 bits per heavy atom. The van der Waals surface area contributed by atoms with E-state index in [4.69, 9.17) is 4.52 Å². The van der Waals surface area contributed by atoms with Crippen LogP contribution < -0.4 is 0 Å². The Morgan fingerprint density at radius 2 is 1.73 bits per heavy atom. The second kappa shape index (κ2) is 11.0. The second-order valence-electron chi connectivity index (χ2n) is 9.02. The molecule has 1 fully saturated rings. The van der Waals surface area contributed by atoms with E-state index in [1.54, 1.807) is 0 Å². The first-order valence-electron chi connectivity index (χ1n) is 11.8. The third-order valence-corrected chi connectivity index (χ3v) is 6.40. The maximum absolute atomic E-state index is 13.4. The first kappa shape index (κ1) is 26.7. The van der Waals surface area contributed by atoms with Gasteiger partial charge in [0.1, 0.15) is 0 Å². The summed E-state index contributed by atoms with van der Waals surface area (Å²) >= 11 is 0. The standard InChI is InChI=1S/C26H25F6N3O2/c27-25(28,29)21-10-8-19(9-11-21)23-20(15-33-37-23)7-4-13-35(24(36)26(30,31)32)22-12-14-34(17-22)16-18-5-2-1-3-6-18/h1-3,5-6,8-11,15,22H,4,7,12-14,16-17H2. The van der Waals surface area contributed by atoms with Crippen LogP contribution in [0.4, 0.5) is 26.3 Å². The van der Waals surface area contributed by atoms with Crippen LogP contribution in [0, 0.1) is 0 Å². The van der Waals surface area contributed by atoms with Crippen molar-refractivity contribution in [2.45, 2.75) is 44.2 Å². The van der Waals surface area contributed by atoms with E-state index in [1.807, 2.05) is 35.2 Å². The minimum atomic E-state index is -4.99. The van der Waals surface area contributed by atoms with E-state index in [1.165, 1.54) is 18.3 Å². The van der Waals surface area contributed by atoms with E-state index >= 15 is 0 Å². The van der Waals surface area contributed by atoms with Gasteiger partial charge in [0, 0.05) is 43.3 Å². The molecule has 1 aliphatic rings. The molecule has 1 atom stereocenters. The first-order valence-corrected chi connectivity index (χ1v) is 11.8. The molecule has 3 aromatic rings. The molecule has 1 unspecified atom stereocenters. The van der Waals surface area contributed by atoms with Crippen LogP contribution >= 0.6 is 0 Å². The van der Waals surface area contributed by atoms with Crippen molar-refractivity contribution in [2.75, 3.05) is 19.6 Å². The summed E-state index contributed by atoms with van der Waals surface area (Å²) in [5.74, 6) is -1.62. The fourth-order valence-electron chi connectivity index (χ4n) is 4.59. The van der Waals surface area contributed by atoms with Gasteiger partial charge in [-0.1, -0.05) is 47.6 Å². The van der Waals surface area contributed by atoms with Gasteiger partial charge in [0.05, 0.1) is 11.8 Å². The smallest absolute Gasteiger partial charge is 0.356 e. The van der Waals surface area contributed by atoms with Crippen LogP contribution in [0.15, 0.2) is 65.3 Å². The quantitative estimate of drug-likeness (QED) is 0.341. The lowest BCUT2D eigenvalue weighted by Gasteiger charge is -2.30. The van der Waals surface area contributed by atoms with Crippen molar-refractivity contribution in [3.63, 3.8) is 0 Å². The van der Waals surface area contributed by atoms with Gasteiger partial charge in [-0.05, 0) is 37.0 Å². The van der Waals surface area contributed by atoms with Crippen molar-refractivity contribution >= 4 is 5.91 Å². The number of nitrogens with zero attached hydrogens (tertiary/aromatic N) is 3. The summed E-state index contributed by atoms with van der Waals surface area (Å²) in [6.07, 6.45) is -7.21. The van der Waals surface area contributed by atoms with Gasteiger partial charge >= 0.3 is 18.3 Å². The molecule has 1 amide bonds. The highest BCUT2D eigenvalue weighted by Gasteiger charge is 2.45. The monoisotopic (exact) mass is 525 g/mol. The van der Waals surface area contributed by atoms with Crippen LogP contribution in [0.1, 0.15) is 29.5 Å². The Hall–Kier alpha value is -3.34. The van der Waals surface area contributed by atoms with Gasteiger partial charge in [-0.25, -0.2) is 0 Å². The van der Waals surface area contributed by atoms with E-state index in [0.29, 0.717) is 37.2 Å². The summed E-state index contributed by atoms with van der Waals surface area (Å²) < 4.78 is 83.9. The largest absolute Gasteiger partial charge is 0.471 e. The Balaban J connectivity index is 1.41. The van der Waals surface area contributed by atoms with Gasteiger partial charge in [0.15, 0.2) is 5.76 Å². The molecule has 1 aromatic heterocycles. The van der Waals surface area contributed by atoms with Gasteiger partial charge in [0.25, 0.3) is 0 Å². The molecule has 1 saturated heterocycles. The van der Waals surface area contributed by atoms with Gasteiger partial charge in [-0.3, -0.25) is 9.69 Å². The van der Waals surface area contributed by atoms with Crippen LogP contribution in [-0.2, 0) is 23.9 Å². The van der Waals surface area contributed by atoms with E-state index in [-0.39, 0.29) is 25.1 Å². The van der Waals surface area contributed by atoms with Crippen LogP contribution in [0.3, 0.4) is 0 Å². The van der Waals surface area contributed by atoms with Crippen molar-refractivity contribution < 1.29 is 35.7 Å². The summed E-state index contributed by atoms with van der Waals surface area (Å²) in [5.41, 5.74) is 1.14. The van der Waals surface area contributed by atoms with Crippen molar-refractivity contribution in [1.29, 1.82) is 0 Å². The average Bonchev–Trinajstić information content (AvgIpc) is 3.51. The molecule has 11 heteroatoms. The average molecular weight is 525 g/mol. The molecule has 2 heterocycles. The third-order valence-electron chi connectivity index (χ3n) is 6.40. The molecule has 198 valence electrons. The topological polar surface area (TPSA) is 49.6 Å². The van der Waals surface area contributed by atoms with Gasteiger partial charge in [0.2, 0.25) is 0 Å². The lowest BCUT2D eigenvalue weighted by Crippen LogP contribution is -2.48. The molecule has 0 N–H and O–H groups in total. The molecular formula is C26H25F6N3O2. The number of aromatic nitrogens is 1. The van der Waals surface area contributed by atoms with E-state index in [0.717, 1.165) is 22.6 Å². The van der Waals surface area contributed by atoms with Crippen LogP contribution in [0.5, 0.6) is 0 Å². The molecule has 1 aliphatic heterocycles. The molecule has 2 aromatic carbocycles. The molecule has 0 saturated carbocycles. The van der Waals surface area contributed by atoms with Crippen molar-refractivity contribution in [2.24, 2.45) is 0 Å². The minimum absolute atomic E-state index is 0.125. The van der Waals surface area contributed by atoms with Crippen molar-refractivity contribution in [3.05, 3.63) is 77.5 Å². The lowest BCUT2D eigenvalue weighted by molar-refractivity contribution is -0.187. The number of hydrogen-bond acceptors (Lipinski definition) is 4. The summed E-state index contributed by atoms with van der Waals surface area (Å²) in [4.78, 5) is 15.2. The number of benzene rings is 2. The van der Waals surface area contributed by atoms with Crippen LogP contribution in [0.2, 0.25) is 0 Å². The minimum Gasteiger partial charge on any atom is -0.356 e. The fourth-order valence-corrected chi connectivity index (χ4v) is 4.59. The normalized spacial score (nSPS) is 16.8. The number of carbonyl (C=O) groups is 1. The number of alkyl halides is 6. The predicted octanol–water partition coefficient (Wildman–Crippen LogP) is 5.96. The highest BCUT2D eigenvalue weighted by atomic mass is 19.4. The maximum atomic E-state index is 13.4. The van der Waals surface area contributed by atoms with Gasteiger partial charge in [-0.15, -0.1) is 0 Å². The number of halogens is 6. The summed E-state index contributed by atoms with van der Waals surface area (Å²) in [7, 11) is 0. The number of rotatable bonds is 8. The zero-order chi connectivity index (χ0) is 26.6. The van der Waals surface area contributed by atoms with Gasteiger partial charge in [-0.2, -0.15) is 26.3 Å². The van der Waals surface area contributed by atoms with E-state index in [9.17, 15) is 31.1 Å². The van der Waals surface area contributed by atoms with Crippen molar-refractivity contribution in [1.82, 2.24) is 15.0 Å². The van der Waals surface area contributed by atoms with Crippen molar-refractivity contribution in [3.8, 4) is 11.3 Å². The molecule has 0 bridgehead atoms. The summed E-state index contributed by atoms with van der Waals surface area (Å²) in [6.45, 7) is 1.37. The predicted molar refractivity (Wildman–Crippen MR) is 123 cm³/mol. The van der Waals surface area contributed by atoms with Gasteiger partial charge < -0.3 is 9.42 Å². The van der Waals surface area contributed by atoms with Crippen LogP contribution in [-0.4, -0.2) is 52.7 Å². The molecule has 0 aliphatic carbocycles. The lowest BCUT2D eigenvalue weighted by atomic mass is 10.0. The Kier molecular flexibility index (Phi) is 7.91. The number of aryl methyl sites for hydroxylation is 1. The summed E-state index contributed by atoms with van der Waals surface area (Å²) in [6, 6.07) is 13.3. The fraction of sp³-hybridized carbons (Fsp3) is 0.385. The molecule has 0 radical (unpaired) electrons. The number of likely N-dealkylation sites (tertiary alicyclic amines) is 1. The zero-order valence-electron chi connectivity index (χ0n) is 19.7. The number of carbonyl (C=O) groups excluding carboxylic acids is 1. The third kappa shape index (κ3) is 6.71. The molecular weight excluding hydrogens is 500 g/mol. The SMILES string of the molecule is O=C(N(CCCc1cnoc1-c1ccc(C(F)(F)F)cc1)C1CCN(Cc2ccccc2)C1)C(F)(F)F. The van der Waals surface area contributed by atoms with E-state index in [2.05, 4.69) is 5.16 Å². The zero-order valence-corrected chi connectivity index (χ0v) is 19.7. The Bertz CT molecular complexity index is 1180. The first-order chi connectivity index (χ1) is 17.5. The molecule has 0 spiro atoms. The van der Waals surface area contributed by atoms with Crippen LogP contribution in [0.25, 0.3) is 11.3 Å². The molecule has 37 heavy (non-hydrogen) atoms. The highest BCUT2D eigenvalue weighted by molar-refractivity contribution is 5.82. The number of hydrogen-bond donors (Lipinski definition) is 0. The van der Waals surface area contributed by atoms with E-state index < -0.39 is 29.9 Å². The molecule has 5 nitrogen and oxygen atoms in total. The summed E-state index contributed by atoms with van der Waals surface area (Å²) in [5, 5.41) is 3.70. The maximum Gasteiger partial charge on any atom is 0.471 e. The molecule has 4 rings (SSSR count). The second-order valence-corrected chi connectivity index (χ2v) is 9.02. The number of amides is 1.